The summed E-state index contributed by atoms with van der Waals surface area (Å²) in [6, 6.07) is 13.0. The Balaban J connectivity index is 2.36. The van der Waals surface area contributed by atoms with E-state index in [1.54, 1.807) is 18.3 Å². The van der Waals surface area contributed by atoms with Crippen LogP contribution in [0.1, 0.15) is 24.2 Å². The summed E-state index contributed by atoms with van der Waals surface area (Å²) in [7, 11) is 0. The van der Waals surface area contributed by atoms with Crippen LogP contribution in [0.4, 0.5) is 0 Å². The fourth-order valence-corrected chi connectivity index (χ4v) is 1.78. The van der Waals surface area contributed by atoms with Gasteiger partial charge in [0.2, 0.25) is 0 Å². The van der Waals surface area contributed by atoms with Crippen molar-refractivity contribution in [1.82, 2.24) is 4.98 Å². The molecule has 0 bridgehead atoms. The average molecular weight is 262 g/mol. The molecule has 0 spiro atoms. The van der Waals surface area contributed by atoms with Crippen LogP contribution < -0.4 is 0 Å². The molecule has 2 aromatic rings. The molecule has 92 valence electrons. The van der Waals surface area contributed by atoms with Gasteiger partial charge in [-0.05, 0) is 11.6 Å². The minimum absolute atomic E-state index is 0.334. The number of benzene rings is 1. The van der Waals surface area contributed by atoms with Gasteiger partial charge >= 0.3 is 5.97 Å². The van der Waals surface area contributed by atoms with Crippen LogP contribution in [0.3, 0.4) is 0 Å². The second-order valence-corrected chi connectivity index (χ2v) is 4.20. The number of hydrogen-bond donors (Lipinski definition) is 0. The van der Waals surface area contributed by atoms with Crippen molar-refractivity contribution >= 4 is 17.6 Å². The highest BCUT2D eigenvalue weighted by atomic mass is 35.5. The van der Waals surface area contributed by atoms with Crippen LogP contribution in [0, 0.1) is 0 Å². The van der Waals surface area contributed by atoms with Crippen LogP contribution in [0.25, 0.3) is 0 Å². The molecule has 0 saturated carbocycles. The van der Waals surface area contributed by atoms with Crippen LogP contribution in [0.2, 0.25) is 5.15 Å². The Morgan fingerprint density at radius 2 is 1.89 bits per heavy atom. The van der Waals surface area contributed by atoms with E-state index in [4.69, 9.17) is 16.3 Å². The lowest BCUT2D eigenvalue weighted by Crippen LogP contribution is -2.10. The van der Waals surface area contributed by atoms with Gasteiger partial charge < -0.3 is 4.74 Å². The number of aromatic nitrogens is 1. The SMILES string of the molecule is CC(=O)OC(c1ccccc1)c1ccc(Cl)nc1. The van der Waals surface area contributed by atoms with Gasteiger partial charge in [-0.25, -0.2) is 4.98 Å². The van der Waals surface area contributed by atoms with E-state index in [1.807, 2.05) is 30.3 Å². The van der Waals surface area contributed by atoms with E-state index in [1.165, 1.54) is 6.92 Å². The maximum absolute atomic E-state index is 11.2. The quantitative estimate of drug-likeness (QED) is 0.628. The number of halogens is 1. The largest absolute Gasteiger partial charge is 0.453 e. The minimum atomic E-state index is -0.450. The fraction of sp³-hybridized carbons (Fsp3) is 0.143. The molecule has 1 aromatic carbocycles. The molecule has 0 amide bonds. The summed E-state index contributed by atoms with van der Waals surface area (Å²) in [5.41, 5.74) is 1.69. The maximum Gasteiger partial charge on any atom is 0.303 e. The van der Waals surface area contributed by atoms with Crippen molar-refractivity contribution in [1.29, 1.82) is 0 Å². The Morgan fingerprint density at radius 3 is 2.44 bits per heavy atom. The summed E-state index contributed by atoms with van der Waals surface area (Å²) in [6.45, 7) is 1.39. The normalized spacial score (nSPS) is 11.9. The fourth-order valence-electron chi connectivity index (χ4n) is 1.66. The summed E-state index contributed by atoms with van der Waals surface area (Å²) < 4.78 is 5.34. The van der Waals surface area contributed by atoms with E-state index in [0.717, 1.165) is 11.1 Å². The molecule has 2 rings (SSSR count). The van der Waals surface area contributed by atoms with E-state index in [9.17, 15) is 4.79 Å². The highest BCUT2D eigenvalue weighted by molar-refractivity contribution is 6.29. The van der Waals surface area contributed by atoms with Crippen LogP contribution >= 0.6 is 11.6 Å². The number of nitrogens with zero attached hydrogens (tertiary/aromatic N) is 1. The van der Waals surface area contributed by atoms with Gasteiger partial charge in [-0.3, -0.25) is 4.79 Å². The molecule has 0 radical (unpaired) electrons. The van der Waals surface area contributed by atoms with E-state index in [-0.39, 0.29) is 5.97 Å². The third-order valence-corrected chi connectivity index (χ3v) is 2.66. The third kappa shape index (κ3) is 3.08. The highest BCUT2D eigenvalue weighted by Gasteiger charge is 2.17. The van der Waals surface area contributed by atoms with Crippen molar-refractivity contribution in [3.8, 4) is 0 Å². The number of rotatable bonds is 3. The third-order valence-electron chi connectivity index (χ3n) is 2.44. The molecular formula is C14H12ClNO2. The number of hydrogen-bond acceptors (Lipinski definition) is 3. The van der Waals surface area contributed by atoms with E-state index in [0.29, 0.717) is 5.15 Å². The van der Waals surface area contributed by atoms with E-state index in [2.05, 4.69) is 4.98 Å². The zero-order chi connectivity index (χ0) is 13.0. The van der Waals surface area contributed by atoms with Gasteiger partial charge in [-0.15, -0.1) is 0 Å². The van der Waals surface area contributed by atoms with E-state index >= 15 is 0 Å². The number of pyridine rings is 1. The zero-order valence-electron chi connectivity index (χ0n) is 9.84. The Labute approximate surface area is 110 Å². The van der Waals surface area contributed by atoms with Gasteiger partial charge in [0.25, 0.3) is 0 Å². The van der Waals surface area contributed by atoms with Crippen LogP contribution in [0.15, 0.2) is 48.7 Å². The van der Waals surface area contributed by atoms with E-state index < -0.39 is 6.10 Å². The molecule has 18 heavy (non-hydrogen) atoms. The molecule has 3 nitrogen and oxygen atoms in total. The lowest BCUT2D eigenvalue weighted by molar-refractivity contribution is -0.144. The Morgan fingerprint density at radius 1 is 1.17 bits per heavy atom. The first-order valence-corrected chi connectivity index (χ1v) is 5.88. The number of ether oxygens (including phenoxy) is 1. The summed E-state index contributed by atoms with van der Waals surface area (Å²) in [5, 5.41) is 0.411. The molecular weight excluding hydrogens is 250 g/mol. The number of esters is 1. The molecule has 1 atom stereocenters. The van der Waals surface area contributed by atoms with Gasteiger partial charge in [-0.2, -0.15) is 0 Å². The topological polar surface area (TPSA) is 39.2 Å². The molecule has 0 aliphatic rings. The first kappa shape index (κ1) is 12.6. The molecule has 1 aromatic heterocycles. The smallest absolute Gasteiger partial charge is 0.303 e. The second-order valence-electron chi connectivity index (χ2n) is 3.81. The van der Waals surface area contributed by atoms with Crippen molar-refractivity contribution in [2.45, 2.75) is 13.0 Å². The predicted molar refractivity (Wildman–Crippen MR) is 69.3 cm³/mol. The average Bonchev–Trinajstić information content (AvgIpc) is 2.38. The van der Waals surface area contributed by atoms with Crippen molar-refractivity contribution < 1.29 is 9.53 Å². The van der Waals surface area contributed by atoms with Crippen LogP contribution in [-0.2, 0) is 9.53 Å². The Hall–Kier alpha value is -1.87. The van der Waals surface area contributed by atoms with Gasteiger partial charge in [0, 0.05) is 18.7 Å². The second kappa shape index (κ2) is 5.65. The molecule has 1 heterocycles. The number of carbonyl (C=O) groups excluding carboxylic acids is 1. The van der Waals surface area contributed by atoms with Gasteiger partial charge in [-0.1, -0.05) is 48.0 Å². The predicted octanol–water partition coefficient (Wildman–Crippen LogP) is 3.39. The van der Waals surface area contributed by atoms with Gasteiger partial charge in [0.1, 0.15) is 5.15 Å². The minimum Gasteiger partial charge on any atom is -0.453 e. The summed E-state index contributed by atoms with van der Waals surface area (Å²) in [5.74, 6) is -0.334. The molecule has 1 unspecified atom stereocenters. The standard InChI is InChI=1S/C14H12ClNO2/c1-10(17)18-14(11-5-3-2-4-6-11)12-7-8-13(15)16-9-12/h2-9,14H,1H3. The van der Waals surface area contributed by atoms with Gasteiger partial charge in [0.15, 0.2) is 6.10 Å². The lowest BCUT2D eigenvalue weighted by Gasteiger charge is -2.17. The molecule has 0 fully saturated rings. The Kier molecular flexibility index (Phi) is 3.95. The zero-order valence-corrected chi connectivity index (χ0v) is 10.6. The van der Waals surface area contributed by atoms with Crippen LogP contribution in [-0.4, -0.2) is 11.0 Å². The van der Waals surface area contributed by atoms with Crippen molar-refractivity contribution in [2.75, 3.05) is 0 Å². The Bertz CT molecular complexity index is 525. The van der Waals surface area contributed by atoms with Crippen LogP contribution in [0.5, 0.6) is 0 Å². The van der Waals surface area contributed by atoms with Crippen molar-refractivity contribution in [3.63, 3.8) is 0 Å². The molecule has 0 aliphatic heterocycles. The summed E-state index contributed by atoms with van der Waals surface area (Å²) in [4.78, 5) is 15.2. The molecule has 0 saturated heterocycles. The van der Waals surface area contributed by atoms with Gasteiger partial charge in [0.05, 0.1) is 0 Å². The monoisotopic (exact) mass is 261 g/mol. The van der Waals surface area contributed by atoms with Crippen molar-refractivity contribution in [2.24, 2.45) is 0 Å². The molecule has 4 heteroatoms. The maximum atomic E-state index is 11.2. The molecule has 0 N–H and O–H groups in total. The molecule has 0 aliphatic carbocycles. The highest BCUT2D eigenvalue weighted by Crippen LogP contribution is 2.26. The number of carbonyl (C=O) groups is 1. The summed E-state index contributed by atoms with van der Waals surface area (Å²) >= 11 is 5.75. The first-order chi connectivity index (χ1) is 8.66. The lowest BCUT2D eigenvalue weighted by atomic mass is 10.0. The van der Waals surface area contributed by atoms with Crippen molar-refractivity contribution in [3.05, 3.63) is 64.9 Å². The summed E-state index contributed by atoms with van der Waals surface area (Å²) in [6.07, 6.45) is 1.16. The first-order valence-electron chi connectivity index (χ1n) is 5.50.